The predicted molar refractivity (Wildman–Crippen MR) is 92.2 cm³/mol. The summed E-state index contributed by atoms with van der Waals surface area (Å²) in [4.78, 5) is 10.1. The van der Waals surface area contributed by atoms with E-state index in [9.17, 15) is 10.1 Å². The zero-order valence-corrected chi connectivity index (χ0v) is 16.6. The first-order valence-electron chi connectivity index (χ1n) is 7.79. The van der Waals surface area contributed by atoms with Crippen molar-refractivity contribution in [2.24, 2.45) is 0 Å². The zero-order valence-electron chi connectivity index (χ0n) is 14.3. The van der Waals surface area contributed by atoms with Gasteiger partial charge >= 0.3 is 5.88 Å². The van der Waals surface area contributed by atoms with Crippen LogP contribution in [0.3, 0.4) is 0 Å². The van der Waals surface area contributed by atoms with Crippen molar-refractivity contribution in [2.45, 2.75) is 19.4 Å². The normalized spacial score (nSPS) is 11.0. The molecule has 1 aromatic carbocycles. The summed E-state index contributed by atoms with van der Waals surface area (Å²) in [5, 5.41) is 11.3. The van der Waals surface area contributed by atoms with Gasteiger partial charge in [-0.15, -0.1) is 0 Å². The first kappa shape index (κ1) is 21.5. The van der Waals surface area contributed by atoms with Crippen molar-refractivity contribution in [3.05, 3.63) is 57.3 Å². The Morgan fingerprint density at radius 2 is 1.84 bits per heavy atom. The molecule has 138 valence electrons. The first-order chi connectivity index (χ1) is 11.4. The average Bonchev–Trinajstić information content (AvgIpc) is 2.96. The molecule has 0 fully saturated rings. The summed E-state index contributed by atoms with van der Waals surface area (Å²) in [6.07, 6.45) is 1.92. The Kier molecular flexibility index (Phi) is 8.41. The second kappa shape index (κ2) is 9.79. The molecule has 0 unspecified atom stereocenters. The van der Waals surface area contributed by atoms with E-state index in [-0.39, 0.29) is 22.9 Å². The summed E-state index contributed by atoms with van der Waals surface area (Å²) in [5.41, 5.74) is 0. The summed E-state index contributed by atoms with van der Waals surface area (Å²) in [7, 11) is 4.16. The number of halogens is 2. The quantitative estimate of drug-likeness (QED) is 0.259. The highest BCUT2D eigenvalue weighted by Crippen LogP contribution is 2.19. The highest BCUT2D eigenvalue weighted by Gasteiger charge is 2.20. The Labute approximate surface area is 162 Å². The Bertz CT molecular complexity index is 674. The summed E-state index contributed by atoms with van der Waals surface area (Å²) in [5.74, 6) is 1.24. The minimum atomic E-state index is -0.516. The predicted octanol–water partition coefficient (Wildman–Crippen LogP) is 1.28. The zero-order chi connectivity index (χ0) is 17.6. The van der Waals surface area contributed by atoms with Crippen LogP contribution in [0, 0.1) is 10.1 Å². The molecule has 0 aliphatic carbocycles. The minimum Gasteiger partial charge on any atom is -1.00 e. The van der Waals surface area contributed by atoms with E-state index in [1.165, 1.54) is 6.07 Å². The van der Waals surface area contributed by atoms with Gasteiger partial charge in [-0.05, 0) is 43.2 Å². The van der Waals surface area contributed by atoms with Crippen molar-refractivity contribution in [1.29, 1.82) is 0 Å². The number of ether oxygens (including phenoxy) is 1. The van der Waals surface area contributed by atoms with Gasteiger partial charge in [-0.3, -0.25) is 10.1 Å². The van der Waals surface area contributed by atoms with Crippen LogP contribution in [0.2, 0.25) is 5.02 Å². The maximum absolute atomic E-state index is 10.6. The van der Waals surface area contributed by atoms with Crippen molar-refractivity contribution >= 4 is 17.5 Å². The van der Waals surface area contributed by atoms with Gasteiger partial charge in [0.1, 0.15) is 17.2 Å². The number of benzene rings is 1. The maximum Gasteiger partial charge on any atom is 0.433 e. The lowest BCUT2D eigenvalue weighted by atomic mass is 10.2. The fraction of sp³-hybridized carbons (Fsp3) is 0.412. The standard InChI is InChI=1S/C17H22ClN2O4.BrH/c1-20(2,13-16-9-10-17(24-16)19(21)22)11-3-4-12-23-15-7-5-14(18)6-8-15;/h5-10H,3-4,11-13H2,1-2H3;1H/q+1;/p-1. The molecule has 0 atom stereocenters. The molecule has 25 heavy (non-hydrogen) atoms. The molecular formula is C17H22BrClN2O4. The van der Waals surface area contributed by atoms with Gasteiger partial charge in [0.25, 0.3) is 0 Å². The van der Waals surface area contributed by atoms with E-state index >= 15 is 0 Å². The van der Waals surface area contributed by atoms with Gasteiger partial charge in [0.2, 0.25) is 0 Å². The van der Waals surface area contributed by atoms with Crippen molar-refractivity contribution in [1.82, 2.24) is 0 Å². The Morgan fingerprint density at radius 1 is 1.16 bits per heavy atom. The van der Waals surface area contributed by atoms with Gasteiger partial charge in [0.15, 0.2) is 5.76 Å². The average molecular weight is 434 g/mol. The van der Waals surface area contributed by atoms with E-state index < -0.39 is 4.92 Å². The smallest absolute Gasteiger partial charge is 0.433 e. The van der Waals surface area contributed by atoms with Gasteiger partial charge in [-0.25, -0.2) is 0 Å². The van der Waals surface area contributed by atoms with Crippen LogP contribution >= 0.6 is 11.6 Å². The minimum absolute atomic E-state index is 0. The van der Waals surface area contributed by atoms with Crippen molar-refractivity contribution in [2.75, 3.05) is 27.2 Å². The molecule has 0 aliphatic rings. The molecule has 0 spiro atoms. The SMILES string of the molecule is C[N+](C)(CCCCOc1ccc(Cl)cc1)Cc1ccc([N+](=O)[O-])o1.[Br-]. The Hall–Kier alpha value is -1.57. The second-order valence-electron chi connectivity index (χ2n) is 6.32. The van der Waals surface area contributed by atoms with E-state index in [0.717, 1.165) is 25.1 Å². The summed E-state index contributed by atoms with van der Waals surface area (Å²) in [6.45, 7) is 2.19. The second-order valence-corrected chi connectivity index (χ2v) is 6.76. The molecule has 0 radical (unpaired) electrons. The number of nitrogens with zero attached hydrogens (tertiary/aromatic N) is 2. The summed E-state index contributed by atoms with van der Waals surface area (Å²) < 4.78 is 11.6. The third kappa shape index (κ3) is 7.46. The van der Waals surface area contributed by atoms with Crippen LogP contribution in [-0.4, -0.2) is 36.7 Å². The van der Waals surface area contributed by atoms with E-state index in [2.05, 4.69) is 14.1 Å². The number of nitro groups is 1. The molecule has 0 amide bonds. The van der Waals surface area contributed by atoms with Crippen molar-refractivity contribution in [3.63, 3.8) is 0 Å². The molecule has 0 N–H and O–H groups in total. The molecule has 0 saturated carbocycles. The molecule has 0 aliphatic heterocycles. The lowest BCUT2D eigenvalue weighted by Gasteiger charge is -2.28. The van der Waals surface area contributed by atoms with E-state index in [1.807, 2.05) is 12.1 Å². The van der Waals surface area contributed by atoms with Crippen LogP contribution in [0.4, 0.5) is 5.88 Å². The number of quaternary nitrogens is 1. The van der Waals surface area contributed by atoms with Gasteiger partial charge < -0.3 is 30.6 Å². The molecule has 0 saturated heterocycles. The lowest BCUT2D eigenvalue weighted by Crippen LogP contribution is -3.00. The topological polar surface area (TPSA) is 65.5 Å². The Balaban J connectivity index is 0.00000312. The van der Waals surface area contributed by atoms with E-state index in [1.54, 1.807) is 18.2 Å². The van der Waals surface area contributed by atoms with Gasteiger partial charge in [0.05, 0.1) is 33.3 Å². The van der Waals surface area contributed by atoms with Gasteiger partial charge in [0, 0.05) is 5.02 Å². The third-order valence-electron chi connectivity index (χ3n) is 3.65. The Morgan fingerprint density at radius 3 is 2.44 bits per heavy atom. The van der Waals surface area contributed by atoms with Crippen LogP contribution in [-0.2, 0) is 6.54 Å². The number of unbranched alkanes of at least 4 members (excludes halogenated alkanes) is 1. The number of furan rings is 1. The molecule has 2 aromatic rings. The summed E-state index contributed by atoms with van der Waals surface area (Å²) >= 11 is 5.83. The molecule has 1 aromatic heterocycles. The number of rotatable bonds is 9. The maximum atomic E-state index is 10.6. The van der Waals surface area contributed by atoms with Gasteiger partial charge in [-0.2, -0.15) is 0 Å². The highest BCUT2D eigenvalue weighted by molar-refractivity contribution is 6.30. The number of hydrogen-bond donors (Lipinski definition) is 0. The molecule has 0 bridgehead atoms. The van der Waals surface area contributed by atoms with Crippen LogP contribution < -0.4 is 21.7 Å². The summed E-state index contributed by atoms with van der Waals surface area (Å²) in [6, 6.07) is 10.4. The van der Waals surface area contributed by atoms with E-state index in [4.69, 9.17) is 20.8 Å². The van der Waals surface area contributed by atoms with Gasteiger partial charge in [-0.1, -0.05) is 11.6 Å². The third-order valence-corrected chi connectivity index (χ3v) is 3.90. The fourth-order valence-corrected chi connectivity index (χ4v) is 2.54. The highest BCUT2D eigenvalue weighted by atomic mass is 79.9. The fourth-order valence-electron chi connectivity index (χ4n) is 2.41. The molecular weight excluding hydrogens is 412 g/mol. The van der Waals surface area contributed by atoms with Crippen LogP contribution in [0.5, 0.6) is 5.75 Å². The van der Waals surface area contributed by atoms with E-state index in [0.29, 0.717) is 28.4 Å². The number of hydrogen-bond acceptors (Lipinski definition) is 4. The molecule has 2 rings (SSSR count). The van der Waals surface area contributed by atoms with Crippen molar-refractivity contribution < 1.29 is 35.5 Å². The van der Waals surface area contributed by atoms with Crippen molar-refractivity contribution in [3.8, 4) is 5.75 Å². The largest absolute Gasteiger partial charge is 1.00 e. The van der Waals surface area contributed by atoms with Crippen LogP contribution in [0.1, 0.15) is 18.6 Å². The first-order valence-corrected chi connectivity index (χ1v) is 8.17. The lowest BCUT2D eigenvalue weighted by molar-refractivity contribution is -0.904. The van der Waals surface area contributed by atoms with Crippen LogP contribution in [0.15, 0.2) is 40.8 Å². The van der Waals surface area contributed by atoms with Crippen LogP contribution in [0.25, 0.3) is 0 Å². The molecule has 8 heteroatoms. The molecule has 6 nitrogen and oxygen atoms in total. The molecule has 1 heterocycles. The monoisotopic (exact) mass is 432 g/mol.